The Morgan fingerprint density at radius 1 is 1.15 bits per heavy atom. The molecule has 0 fully saturated rings. The van der Waals surface area contributed by atoms with Crippen molar-refractivity contribution in [2.45, 2.75) is 52.3 Å². The van der Waals surface area contributed by atoms with Crippen LogP contribution >= 0.6 is 0 Å². The molecule has 0 saturated carbocycles. The second-order valence-electron chi connectivity index (χ2n) is 5.32. The van der Waals surface area contributed by atoms with Crippen molar-refractivity contribution in [1.82, 2.24) is 5.32 Å². The molecule has 2 atom stereocenters. The van der Waals surface area contributed by atoms with Crippen LogP contribution in [-0.2, 0) is 6.18 Å². The summed E-state index contributed by atoms with van der Waals surface area (Å²) in [7, 11) is 0. The van der Waals surface area contributed by atoms with Gasteiger partial charge in [0, 0.05) is 6.04 Å². The minimum atomic E-state index is -4.29. The Hall–Kier alpha value is -1.03. The van der Waals surface area contributed by atoms with Crippen LogP contribution in [0.2, 0.25) is 0 Å². The summed E-state index contributed by atoms with van der Waals surface area (Å²) in [4.78, 5) is 0. The number of halogens is 3. The quantitative estimate of drug-likeness (QED) is 0.728. The molecule has 0 aromatic heterocycles. The molecule has 0 bridgehead atoms. The summed E-state index contributed by atoms with van der Waals surface area (Å²) in [5.41, 5.74) is -0.153. The van der Waals surface area contributed by atoms with Gasteiger partial charge in [-0.1, -0.05) is 51.8 Å². The molecule has 1 N–H and O–H groups in total. The van der Waals surface area contributed by atoms with E-state index >= 15 is 0 Å². The van der Waals surface area contributed by atoms with Crippen molar-refractivity contribution in [1.29, 1.82) is 0 Å². The van der Waals surface area contributed by atoms with Gasteiger partial charge in [-0.3, -0.25) is 0 Å². The topological polar surface area (TPSA) is 12.0 Å². The summed E-state index contributed by atoms with van der Waals surface area (Å²) in [5.74, 6) is 0.408. The Labute approximate surface area is 119 Å². The summed E-state index contributed by atoms with van der Waals surface area (Å²) in [5, 5.41) is 3.20. The molecule has 0 saturated heterocycles. The molecule has 0 amide bonds. The average Bonchev–Trinajstić information content (AvgIpc) is 2.37. The molecule has 0 spiro atoms. The van der Waals surface area contributed by atoms with Crippen molar-refractivity contribution in [3.8, 4) is 0 Å². The van der Waals surface area contributed by atoms with Crippen LogP contribution in [0, 0.1) is 5.92 Å². The van der Waals surface area contributed by atoms with E-state index in [0.717, 1.165) is 19.3 Å². The second-order valence-corrected chi connectivity index (χ2v) is 5.32. The lowest BCUT2D eigenvalue weighted by Gasteiger charge is -2.25. The van der Waals surface area contributed by atoms with Crippen LogP contribution in [0.5, 0.6) is 0 Å². The van der Waals surface area contributed by atoms with Crippen molar-refractivity contribution in [3.05, 3.63) is 35.4 Å². The highest BCUT2D eigenvalue weighted by molar-refractivity contribution is 5.32. The van der Waals surface area contributed by atoms with E-state index in [4.69, 9.17) is 0 Å². The minimum absolute atomic E-state index is 0.237. The first-order valence-corrected chi connectivity index (χ1v) is 7.29. The van der Waals surface area contributed by atoms with Crippen LogP contribution in [0.3, 0.4) is 0 Å². The van der Waals surface area contributed by atoms with Crippen LogP contribution < -0.4 is 5.32 Å². The smallest absolute Gasteiger partial charge is 0.310 e. The Morgan fingerprint density at radius 2 is 1.80 bits per heavy atom. The zero-order chi connectivity index (χ0) is 15.2. The SMILES string of the molecule is CCCC(C)CC(NCC)c1ccccc1C(F)(F)F. The first-order chi connectivity index (χ1) is 9.40. The Morgan fingerprint density at radius 3 is 2.35 bits per heavy atom. The van der Waals surface area contributed by atoms with E-state index in [1.807, 2.05) is 6.92 Å². The molecule has 4 heteroatoms. The lowest BCUT2D eigenvalue weighted by atomic mass is 9.90. The maximum atomic E-state index is 13.1. The maximum absolute atomic E-state index is 13.1. The lowest BCUT2D eigenvalue weighted by Crippen LogP contribution is -2.25. The molecule has 1 aromatic rings. The molecule has 0 aliphatic carbocycles. The van der Waals surface area contributed by atoms with Gasteiger partial charge in [0.1, 0.15) is 0 Å². The highest BCUT2D eigenvalue weighted by atomic mass is 19.4. The third-order valence-electron chi connectivity index (χ3n) is 3.51. The molecule has 0 aliphatic rings. The predicted molar refractivity (Wildman–Crippen MR) is 76.6 cm³/mol. The van der Waals surface area contributed by atoms with Gasteiger partial charge in [-0.25, -0.2) is 0 Å². The Balaban J connectivity index is 3.02. The van der Waals surface area contributed by atoms with Gasteiger partial charge >= 0.3 is 6.18 Å². The lowest BCUT2D eigenvalue weighted by molar-refractivity contribution is -0.138. The summed E-state index contributed by atoms with van der Waals surface area (Å²) < 4.78 is 39.3. The normalized spacial score (nSPS) is 15.1. The number of benzene rings is 1. The molecule has 2 unspecified atom stereocenters. The van der Waals surface area contributed by atoms with E-state index in [0.29, 0.717) is 18.0 Å². The molecule has 0 aliphatic heterocycles. The third kappa shape index (κ3) is 4.82. The van der Waals surface area contributed by atoms with E-state index in [-0.39, 0.29) is 6.04 Å². The van der Waals surface area contributed by atoms with E-state index in [2.05, 4.69) is 19.2 Å². The zero-order valence-electron chi connectivity index (χ0n) is 12.4. The highest BCUT2D eigenvalue weighted by Gasteiger charge is 2.34. The number of alkyl halides is 3. The van der Waals surface area contributed by atoms with Gasteiger partial charge in [-0.05, 0) is 30.5 Å². The molecule has 1 rings (SSSR count). The standard InChI is InChI=1S/C16H24F3N/c1-4-8-12(3)11-15(20-5-2)13-9-6-7-10-14(13)16(17,18)19/h6-7,9-10,12,15,20H,4-5,8,11H2,1-3H3. The monoisotopic (exact) mass is 287 g/mol. The fraction of sp³-hybridized carbons (Fsp3) is 0.625. The molecular weight excluding hydrogens is 263 g/mol. The van der Waals surface area contributed by atoms with Crippen LogP contribution in [0.15, 0.2) is 24.3 Å². The van der Waals surface area contributed by atoms with Gasteiger partial charge in [0.15, 0.2) is 0 Å². The van der Waals surface area contributed by atoms with E-state index in [9.17, 15) is 13.2 Å². The average molecular weight is 287 g/mol. The molecule has 20 heavy (non-hydrogen) atoms. The van der Waals surface area contributed by atoms with Gasteiger partial charge in [0.2, 0.25) is 0 Å². The van der Waals surface area contributed by atoms with Crippen LogP contribution in [0.4, 0.5) is 13.2 Å². The van der Waals surface area contributed by atoms with Crippen molar-refractivity contribution >= 4 is 0 Å². The van der Waals surface area contributed by atoms with Crippen LogP contribution in [-0.4, -0.2) is 6.54 Å². The molecule has 114 valence electrons. The van der Waals surface area contributed by atoms with Crippen molar-refractivity contribution in [2.24, 2.45) is 5.92 Å². The molecule has 0 radical (unpaired) electrons. The number of rotatable bonds is 7. The van der Waals surface area contributed by atoms with E-state index < -0.39 is 11.7 Å². The summed E-state index contributed by atoms with van der Waals surface area (Å²) in [6, 6.07) is 5.66. The van der Waals surface area contributed by atoms with Gasteiger partial charge in [-0.15, -0.1) is 0 Å². The first-order valence-electron chi connectivity index (χ1n) is 7.29. The predicted octanol–water partition coefficient (Wildman–Crippen LogP) is 5.18. The fourth-order valence-electron chi connectivity index (χ4n) is 2.64. The van der Waals surface area contributed by atoms with E-state index in [1.165, 1.54) is 12.1 Å². The molecule has 1 nitrogen and oxygen atoms in total. The Bertz CT molecular complexity index is 401. The second kappa shape index (κ2) is 7.67. The Kier molecular flexibility index (Phi) is 6.53. The van der Waals surface area contributed by atoms with Crippen molar-refractivity contribution in [2.75, 3.05) is 6.54 Å². The van der Waals surface area contributed by atoms with Gasteiger partial charge in [0.25, 0.3) is 0 Å². The van der Waals surface area contributed by atoms with E-state index in [1.54, 1.807) is 12.1 Å². The number of hydrogen-bond donors (Lipinski definition) is 1. The van der Waals surface area contributed by atoms with Crippen molar-refractivity contribution < 1.29 is 13.2 Å². The minimum Gasteiger partial charge on any atom is -0.310 e. The third-order valence-corrected chi connectivity index (χ3v) is 3.51. The van der Waals surface area contributed by atoms with Gasteiger partial charge < -0.3 is 5.32 Å². The number of hydrogen-bond acceptors (Lipinski definition) is 1. The summed E-state index contributed by atoms with van der Waals surface area (Å²) in [6.45, 7) is 6.79. The van der Waals surface area contributed by atoms with Gasteiger partial charge in [0.05, 0.1) is 5.56 Å². The zero-order valence-corrected chi connectivity index (χ0v) is 12.4. The number of nitrogens with one attached hydrogen (secondary N) is 1. The maximum Gasteiger partial charge on any atom is 0.416 e. The molecule has 1 aromatic carbocycles. The molecule has 0 heterocycles. The van der Waals surface area contributed by atoms with Crippen LogP contribution in [0.1, 0.15) is 57.2 Å². The largest absolute Gasteiger partial charge is 0.416 e. The van der Waals surface area contributed by atoms with Gasteiger partial charge in [-0.2, -0.15) is 13.2 Å². The summed E-state index contributed by atoms with van der Waals surface area (Å²) in [6.07, 6.45) is -1.47. The first kappa shape index (κ1) is 17.0. The highest BCUT2D eigenvalue weighted by Crippen LogP contribution is 2.36. The van der Waals surface area contributed by atoms with Crippen LogP contribution in [0.25, 0.3) is 0 Å². The fourth-order valence-corrected chi connectivity index (χ4v) is 2.64. The molecular formula is C16H24F3N. The summed E-state index contributed by atoms with van der Waals surface area (Å²) >= 11 is 0. The van der Waals surface area contributed by atoms with Crippen molar-refractivity contribution in [3.63, 3.8) is 0 Å².